The number of rotatable bonds is 15. The van der Waals surface area contributed by atoms with Gasteiger partial charge < -0.3 is 0 Å². The van der Waals surface area contributed by atoms with Crippen LogP contribution in [0.1, 0.15) is 0 Å². The minimum absolute atomic E-state index is 0.117. The first-order valence-electron chi connectivity index (χ1n) is 16.8. The molecular formula is C42H48Cl2P4Pd+6. The Morgan fingerprint density at radius 2 is 0.469 bits per heavy atom. The first-order valence-corrected chi connectivity index (χ1v) is 28.4. The van der Waals surface area contributed by atoms with Crippen molar-refractivity contribution in [2.75, 3.05) is 37.0 Å². The van der Waals surface area contributed by atoms with E-state index in [9.17, 15) is 0 Å². The third-order valence-corrected chi connectivity index (χ3v) is 21.8. The number of halogens is 2. The van der Waals surface area contributed by atoms with Crippen LogP contribution in [0.3, 0.4) is 0 Å². The Hall–Kier alpha value is -1.72. The van der Waals surface area contributed by atoms with E-state index < -0.39 is 31.7 Å². The molecule has 6 rings (SSSR count). The first kappa shape index (κ1) is 38.5. The summed E-state index contributed by atoms with van der Waals surface area (Å²) in [4.78, 5) is 0. The molecule has 0 aliphatic heterocycles. The topological polar surface area (TPSA) is 0 Å². The molecule has 0 heterocycles. The summed E-state index contributed by atoms with van der Waals surface area (Å²) in [6.07, 6.45) is 7.97. The Morgan fingerprint density at radius 3 is 0.694 bits per heavy atom. The van der Waals surface area contributed by atoms with Crippen LogP contribution in [0.5, 0.6) is 0 Å². The zero-order valence-electron chi connectivity index (χ0n) is 27.7. The average molecular weight is 854 g/mol. The van der Waals surface area contributed by atoms with Gasteiger partial charge in [-0.25, -0.2) is 0 Å². The molecule has 0 radical (unpaired) electrons. The molecule has 7 heteroatoms. The molecule has 0 amide bonds. The Bertz CT molecular complexity index is 1510. The van der Waals surface area contributed by atoms with Gasteiger partial charge in [-0.2, -0.15) is 0 Å². The van der Waals surface area contributed by atoms with Crippen LogP contribution >= 0.6 is 31.7 Å². The van der Waals surface area contributed by atoms with E-state index in [1.54, 1.807) is 31.8 Å². The summed E-state index contributed by atoms with van der Waals surface area (Å²) < 4.78 is 0. The quantitative estimate of drug-likeness (QED) is 0.0755. The van der Waals surface area contributed by atoms with Crippen LogP contribution in [-0.2, 0) is 15.9 Å². The summed E-state index contributed by atoms with van der Waals surface area (Å²) in [6.45, 7) is 0. The maximum Gasteiger partial charge on any atom is 0.100 e. The van der Waals surface area contributed by atoms with Gasteiger partial charge in [-0.05, 0) is 72.8 Å². The number of benzene rings is 6. The molecule has 2 atom stereocenters. The van der Waals surface area contributed by atoms with E-state index in [-0.39, 0.29) is 15.9 Å². The van der Waals surface area contributed by atoms with Gasteiger partial charge in [-0.1, -0.05) is 109 Å². The number of hydrogen-bond donors (Lipinski definition) is 0. The molecule has 0 saturated carbocycles. The van der Waals surface area contributed by atoms with Crippen molar-refractivity contribution in [2.45, 2.75) is 0 Å². The SMILES string of the molecule is [ClH+][Pd][ClH+].c1ccc([PH+](CC[PH+](CC[PH+](c2ccccc2)c2ccccc2)c2ccccc2)CC[PH+](c2ccccc2)c2ccccc2)cc1. The van der Waals surface area contributed by atoms with Crippen molar-refractivity contribution < 1.29 is 35.0 Å². The van der Waals surface area contributed by atoms with Gasteiger partial charge in [0.15, 0.2) is 0 Å². The Balaban J connectivity index is 0.00000151. The molecule has 6 aromatic rings. The van der Waals surface area contributed by atoms with Crippen molar-refractivity contribution in [1.82, 2.24) is 0 Å². The molecule has 49 heavy (non-hydrogen) atoms. The minimum Gasteiger partial charge on any atom is -0.0620 e. The zero-order chi connectivity index (χ0) is 33.9. The minimum atomic E-state index is -0.835. The van der Waals surface area contributed by atoms with Gasteiger partial charge in [0.25, 0.3) is 0 Å². The van der Waals surface area contributed by atoms with E-state index in [0.717, 1.165) is 0 Å². The molecule has 2 unspecified atom stereocenters. The third kappa shape index (κ3) is 12.5. The van der Waals surface area contributed by atoms with Gasteiger partial charge in [-0.3, -0.25) is 0 Å². The molecule has 0 saturated heterocycles. The van der Waals surface area contributed by atoms with Gasteiger partial charge in [0, 0.05) is 15.8 Å². The fourth-order valence-corrected chi connectivity index (χ4v) is 20.5. The van der Waals surface area contributed by atoms with Crippen molar-refractivity contribution in [3.63, 3.8) is 0 Å². The Kier molecular flexibility index (Phi) is 17.5. The second-order valence-corrected chi connectivity index (χ2v) is 25.5. The van der Waals surface area contributed by atoms with Crippen LogP contribution in [0.2, 0.25) is 0 Å². The molecule has 254 valence electrons. The van der Waals surface area contributed by atoms with Crippen LogP contribution in [0.25, 0.3) is 0 Å². The van der Waals surface area contributed by atoms with Crippen molar-refractivity contribution >= 4 is 63.5 Å². The normalized spacial score (nSPS) is 12.3. The molecule has 0 aromatic heterocycles. The van der Waals surface area contributed by atoms with Crippen LogP contribution in [0, 0.1) is 19.1 Å². The Morgan fingerprint density at radius 1 is 0.286 bits per heavy atom. The summed E-state index contributed by atoms with van der Waals surface area (Å²) in [5.41, 5.74) is 0. The van der Waals surface area contributed by atoms with Crippen molar-refractivity contribution in [3.8, 4) is 0 Å². The van der Waals surface area contributed by atoms with E-state index in [4.69, 9.17) is 0 Å². The fraction of sp³-hybridized carbons (Fsp3) is 0.143. The average Bonchev–Trinajstić information content (AvgIpc) is 3.18. The summed E-state index contributed by atoms with van der Waals surface area (Å²) in [5, 5.41) is 9.39. The van der Waals surface area contributed by atoms with Crippen LogP contribution in [0.15, 0.2) is 182 Å². The predicted octanol–water partition coefficient (Wildman–Crippen LogP) is 7.26. The van der Waals surface area contributed by atoms with Gasteiger partial charge >= 0.3 is 35.0 Å². The second kappa shape index (κ2) is 22.3. The van der Waals surface area contributed by atoms with E-state index in [1.807, 2.05) is 0 Å². The van der Waals surface area contributed by atoms with Crippen molar-refractivity contribution in [1.29, 1.82) is 0 Å². The molecule has 0 aliphatic carbocycles. The molecule has 0 fully saturated rings. The number of hydrogen-bond acceptors (Lipinski definition) is 0. The summed E-state index contributed by atoms with van der Waals surface area (Å²) in [7, 11) is 5.42. The van der Waals surface area contributed by atoms with Crippen LogP contribution < -0.4 is 31.8 Å². The van der Waals surface area contributed by atoms with E-state index in [2.05, 4.69) is 201 Å². The summed E-state index contributed by atoms with van der Waals surface area (Å²) >= 11 is 0.117. The van der Waals surface area contributed by atoms with E-state index in [0.29, 0.717) is 0 Å². The Labute approximate surface area is 315 Å². The van der Waals surface area contributed by atoms with Crippen LogP contribution in [0.4, 0.5) is 0 Å². The maximum absolute atomic E-state index is 4.26. The molecular weight excluding hydrogens is 806 g/mol. The zero-order valence-corrected chi connectivity index (χ0v) is 34.9. The largest absolute Gasteiger partial charge is 0.100 e. The van der Waals surface area contributed by atoms with Gasteiger partial charge in [-0.15, -0.1) is 0 Å². The molecule has 0 bridgehead atoms. The first-order chi connectivity index (χ1) is 24.3. The molecule has 0 nitrogen and oxygen atoms in total. The monoisotopic (exact) mass is 852 g/mol. The molecule has 0 spiro atoms. The smallest absolute Gasteiger partial charge is 0.0620 e. The molecule has 6 aromatic carbocycles. The second-order valence-electron chi connectivity index (χ2n) is 11.9. The van der Waals surface area contributed by atoms with Gasteiger partial charge in [0.05, 0.1) is 72.3 Å². The predicted molar refractivity (Wildman–Crippen MR) is 222 cm³/mol. The van der Waals surface area contributed by atoms with Crippen LogP contribution in [-0.4, -0.2) is 37.0 Å². The van der Waals surface area contributed by atoms with Gasteiger partial charge in [0.1, 0.15) is 12.3 Å². The van der Waals surface area contributed by atoms with Gasteiger partial charge in [0.2, 0.25) is 0 Å². The van der Waals surface area contributed by atoms with Crippen molar-refractivity contribution in [2.24, 2.45) is 0 Å². The third-order valence-electron chi connectivity index (χ3n) is 8.94. The standard InChI is InChI=1S/C42H42P4.2ClH.Pd/c1-7-19-37(20-8-1)43(33-35-45(39-23-11-3-12-24-39)40-25-13-4-14-26-40)31-32-44(38-21-9-2-10-22-38)34-36-46(41-27-15-5-16-28-41)42-29-17-6-18-30-42;;;/h1-30H,31-36H2;2*1H;/q;;;+2/p+4. The summed E-state index contributed by atoms with van der Waals surface area (Å²) in [6, 6.07) is 68.4. The van der Waals surface area contributed by atoms with Crippen molar-refractivity contribution in [3.05, 3.63) is 182 Å². The van der Waals surface area contributed by atoms with E-state index >= 15 is 0 Å². The van der Waals surface area contributed by atoms with E-state index in [1.165, 1.54) is 37.0 Å². The molecule has 0 N–H and O–H groups in total. The summed E-state index contributed by atoms with van der Waals surface area (Å²) in [5.74, 6) is 0. The maximum atomic E-state index is 4.26. The molecule has 0 aliphatic rings. The fourth-order valence-electron chi connectivity index (χ4n) is 6.50.